The number of aromatic nitrogens is 10. The molecule has 2 saturated carbocycles. The van der Waals surface area contributed by atoms with Crippen LogP contribution in [0.2, 0.25) is 10.0 Å². The van der Waals surface area contributed by atoms with Crippen molar-refractivity contribution in [1.29, 1.82) is 0 Å². The first-order chi connectivity index (χ1) is 42.2. The topological polar surface area (TPSA) is 89.1 Å². The Balaban J connectivity index is 0.000000165. The van der Waals surface area contributed by atoms with Crippen molar-refractivity contribution in [3.05, 3.63) is 206 Å². The Kier molecular flexibility index (Phi) is 21.6. The molecule has 9 aromatic rings. The lowest BCUT2D eigenvalue weighted by atomic mass is 9.88. The first-order valence-corrected chi connectivity index (χ1v) is 33.2. The molecule has 0 aliphatic heterocycles. The van der Waals surface area contributed by atoms with E-state index in [9.17, 15) is 13.2 Å². The van der Waals surface area contributed by atoms with Gasteiger partial charge in [-0.3, -0.25) is 4.68 Å². The van der Waals surface area contributed by atoms with E-state index in [4.69, 9.17) is 38.5 Å². The highest BCUT2D eigenvalue weighted by Gasteiger charge is 2.34. The van der Waals surface area contributed by atoms with Crippen molar-refractivity contribution in [1.82, 2.24) is 48.9 Å². The van der Waals surface area contributed by atoms with Crippen LogP contribution in [0.1, 0.15) is 251 Å². The molecule has 0 radical (unpaired) electrons. The summed E-state index contributed by atoms with van der Waals surface area (Å²) >= 11 is 11.9. The third kappa shape index (κ3) is 19.2. The predicted octanol–water partition coefficient (Wildman–Crippen LogP) is 21.7. The third-order valence-corrected chi connectivity index (χ3v) is 16.6. The Hall–Kier alpha value is -6.70. The maximum atomic E-state index is 12.7. The number of rotatable bonds is 6. The second-order valence-corrected chi connectivity index (χ2v) is 33.2. The SMILES string of the molecule is CC(C)(C)c1cc(C(C)(C)C)n(-c2ccc(Cl)cc2)n1.CC(C)(C)c1cc(C2CC2)nn1-c1ccc(C(F)(F)F)cc1.CC(C)(C)c1cc(C2CC2)nn1-c1ccc(Cl)cc1.Cc1cc(C(C)(C)C)n(C)n1.Cc1ccc(-n2nc(C(C)(C)C)cc2C(C)(C)C)cc1. The molecule has 0 spiro atoms. The van der Waals surface area contributed by atoms with Crippen molar-refractivity contribution in [2.45, 2.75) is 241 Å². The third-order valence-electron chi connectivity index (χ3n) is 16.1. The molecular formula is C77H103Cl2F3N10. The predicted molar refractivity (Wildman–Crippen MR) is 377 cm³/mol. The molecule has 0 N–H and O–H groups in total. The number of benzene rings is 4. The van der Waals surface area contributed by atoms with Gasteiger partial charge in [-0.1, -0.05) is 186 Å². The summed E-state index contributed by atoms with van der Waals surface area (Å²) in [4.78, 5) is 0. The molecule has 0 saturated heterocycles. The first kappa shape index (κ1) is 72.7. The van der Waals surface area contributed by atoms with Crippen LogP contribution >= 0.6 is 23.2 Å². The number of hydrogen-bond acceptors (Lipinski definition) is 5. The molecule has 2 fully saturated rings. The van der Waals surface area contributed by atoms with Gasteiger partial charge in [-0.05, 0) is 155 Å². The largest absolute Gasteiger partial charge is 0.416 e. The Morgan fingerprint density at radius 1 is 0.348 bits per heavy atom. The molecule has 0 amide bonds. The smallest absolute Gasteiger partial charge is 0.272 e. The van der Waals surface area contributed by atoms with Crippen LogP contribution in [0.3, 0.4) is 0 Å². The van der Waals surface area contributed by atoms with Crippen molar-refractivity contribution in [3.63, 3.8) is 0 Å². The minimum atomic E-state index is -4.31. The number of alkyl halides is 3. The van der Waals surface area contributed by atoms with Crippen LogP contribution in [-0.4, -0.2) is 48.9 Å². The van der Waals surface area contributed by atoms with Gasteiger partial charge in [-0.2, -0.15) is 38.7 Å². The molecule has 0 atom stereocenters. The molecule has 5 heterocycles. The van der Waals surface area contributed by atoms with E-state index in [1.54, 1.807) is 4.68 Å². The van der Waals surface area contributed by atoms with Crippen LogP contribution in [0.4, 0.5) is 13.2 Å². The highest BCUT2D eigenvalue weighted by Crippen LogP contribution is 2.43. The van der Waals surface area contributed by atoms with Crippen molar-refractivity contribution in [3.8, 4) is 22.7 Å². The van der Waals surface area contributed by atoms with E-state index >= 15 is 0 Å². The van der Waals surface area contributed by atoms with E-state index in [-0.39, 0.29) is 37.9 Å². The molecular weight excluding hydrogens is 1190 g/mol. The fourth-order valence-corrected chi connectivity index (χ4v) is 10.6. The summed E-state index contributed by atoms with van der Waals surface area (Å²) in [6, 6.07) is 40.5. The van der Waals surface area contributed by atoms with Crippen molar-refractivity contribution < 1.29 is 13.2 Å². The van der Waals surface area contributed by atoms with Gasteiger partial charge in [0.1, 0.15) is 0 Å². The summed E-state index contributed by atoms with van der Waals surface area (Å²) in [5.41, 5.74) is 16.6. The van der Waals surface area contributed by atoms with E-state index in [0.717, 1.165) is 80.6 Å². The van der Waals surface area contributed by atoms with Gasteiger partial charge in [0.2, 0.25) is 0 Å². The zero-order valence-electron chi connectivity index (χ0n) is 59.5. The highest BCUT2D eigenvalue weighted by atomic mass is 35.5. The van der Waals surface area contributed by atoms with Gasteiger partial charge in [0.15, 0.2) is 0 Å². The van der Waals surface area contributed by atoms with Crippen LogP contribution in [0.5, 0.6) is 0 Å². The summed E-state index contributed by atoms with van der Waals surface area (Å²) < 4.78 is 48.0. The van der Waals surface area contributed by atoms with Crippen molar-refractivity contribution >= 4 is 23.2 Å². The van der Waals surface area contributed by atoms with E-state index in [1.807, 2.05) is 71.9 Å². The van der Waals surface area contributed by atoms with Gasteiger partial charge >= 0.3 is 6.18 Å². The number of aryl methyl sites for hydroxylation is 3. The maximum absolute atomic E-state index is 12.7. The summed E-state index contributed by atoms with van der Waals surface area (Å²) in [7, 11) is 1.99. The minimum Gasteiger partial charge on any atom is -0.272 e. The van der Waals surface area contributed by atoms with Crippen LogP contribution in [0.25, 0.3) is 22.7 Å². The molecule has 10 nitrogen and oxygen atoms in total. The van der Waals surface area contributed by atoms with Gasteiger partial charge in [-0.25, -0.2) is 18.7 Å². The monoisotopic (exact) mass is 1290 g/mol. The van der Waals surface area contributed by atoms with Gasteiger partial charge in [0, 0.05) is 95.3 Å². The summed E-state index contributed by atoms with van der Waals surface area (Å²) in [5.74, 6) is 1.19. The lowest BCUT2D eigenvalue weighted by Crippen LogP contribution is -2.17. The summed E-state index contributed by atoms with van der Waals surface area (Å²) in [5, 5.41) is 24.9. The van der Waals surface area contributed by atoms with Crippen LogP contribution in [0, 0.1) is 13.8 Å². The molecule has 2 aliphatic carbocycles. The molecule has 5 aromatic heterocycles. The normalized spacial score (nSPS) is 14.1. The van der Waals surface area contributed by atoms with Crippen molar-refractivity contribution in [2.75, 3.05) is 0 Å². The average molecular weight is 1300 g/mol. The zero-order valence-corrected chi connectivity index (χ0v) is 61.0. The van der Waals surface area contributed by atoms with E-state index in [2.05, 4.69) is 226 Å². The van der Waals surface area contributed by atoms with Gasteiger partial charge in [0.25, 0.3) is 0 Å². The van der Waals surface area contributed by atoms with Gasteiger partial charge in [0.05, 0.1) is 56.8 Å². The highest BCUT2D eigenvalue weighted by molar-refractivity contribution is 6.30. The van der Waals surface area contributed by atoms with E-state index in [1.165, 1.54) is 59.0 Å². The molecule has 92 heavy (non-hydrogen) atoms. The minimum absolute atomic E-state index is 0.0378. The Labute approximate surface area is 558 Å². The van der Waals surface area contributed by atoms with Crippen LogP contribution in [-0.2, 0) is 51.1 Å². The lowest BCUT2D eigenvalue weighted by Gasteiger charge is -2.20. The van der Waals surface area contributed by atoms with Gasteiger partial charge < -0.3 is 0 Å². The second kappa shape index (κ2) is 27.3. The average Bonchev–Trinajstić information content (AvgIpc) is 1.65. The fraction of sp³-hybridized carbons (Fsp3) is 0.494. The molecule has 496 valence electrons. The summed E-state index contributed by atoms with van der Waals surface area (Å²) in [6.07, 6.45) is 0.540. The standard InChI is InChI=1S/C18H26N2.C17H23ClN2.C17H19F3N2.C16H19ClN2.C9H16N2/c1-13-8-10-14(11-9-13)20-16(18(5,6)7)12-15(19-20)17(2,3)4;1-16(2,3)14-11-15(17(4,5)6)20(19-14)13-9-7-12(18)8-10-13;1-16(2,3)15-10-14(11-4-5-11)21-22(15)13-8-6-12(7-9-13)17(18,19)20;1-16(2,3)15-10-14(11-4-5-11)18-19(15)13-8-6-12(17)7-9-13;1-7-6-8(9(2,3)4)11(5)10-7/h8-12H,1-7H3;7-11H,1-6H3;6-11H,4-5H2,1-3H3;6-11H,4-5H2,1-3H3;6H,1-5H3. The maximum Gasteiger partial charge on any atom is 0.416 e. The first-order valence-electron chi connectivity index (χ1n) is 32.4. The second-order valence-electron chi connectivity index (χ2n) is 32.3. The quantitative estimate of drug-likeness (QED) is 0.165. The molecule has 4 aromatic carbocycles. The van der Waals surface area contributed by atoms with Crippen molar-refractivity contribution in [2.24, 2.45) is 7.05 Å². The number of hydrogen-bond donors (Lipinski definition) is 0. The van der Waals surface area contributed by atoms with E-state index < -0.39 is 11.7 Å². The summed E-state index contributed by atoms with van der Waals surface area (Å²) in [6.45, 7) is 50.2. The molecule has 0 bridgehead atoms. The molecule has 11 rings (SSSR count). The Morgan fingerprint density at radius 2 is 0.630 bits per heavy atom. The molecule has 15 heteroatoms. The van der Waals surface area contributed by atoms with E-state index in [0.29, 0.717) is 17.5 Å². The van der Waals surface area contributed by atoms with Gasteiger partial charge in [-0.15, -0.1) is 0 Å². The number of halogens is 5. The zero-order chi connectivity index (χ0) is 68.6. The Bertz CT molecular complexity index is 3760. The van der Waals surface area contributed by atoms with Crippen LogP contribution < -0.4 is 0 Å². The Morgan fingerprint density at radius 3 is 0.880 bits per heavy atom. The number of nitrogens with zero attached hydrogens (tertiary/aromatic N) is 10. The molecule has 0 unspecified atom stereocenters. The molecule has 2 aliphatic rings. The lowest BCUT2D eigenvalue weighted by molar-refractivity contribution is -0.137. The van der Waals surface area contributed by atoms with Crippen LogP contribution in [0.15, 0.2) is 127 Å². The fourth-order valence-electron chi connectivity index (χ4n) is 10.3.